The molecule has 2 aliphatic carbocycles. The molecule has 1 heterocycles. The van der Waals surface area contributed by atoms with Crippen LogP contribution in [0, 0.1) is 23.7 Å². The van der Waals surface area contributed by atoms with Crippen LogP contribution in [0.2, 0.25) is 5.02 Å². The lowest BCUT2D eigenvalue weighted by Crippen LogP contribution is -2.49. The van der Waals surface area contributed by atoms with Gasteiger partial charge in [0.05, 0.1) is 18.8 Å². The van der Waals surface area contributed by atoms with Gasteiger partial charge in [0, 0.05) is 43.4 Å². The molecule has 1 aromatic carbocycles. The van der Waals surface area contributed by atoms with Crippen LogP contribution in [0.3, 0.4) is 0 Å². The van der Waals surface area contributed by atoms with Crippen LogP contribution in [-0.4, -0.2) is 61.5 Å². The number of rotatable bonds is 6. The van der Waals surface area contributed by atoms with Crippen LogP contribution < -0.4 is 4.90 Å². The van der Waals surface area contributed by atoms with Gasteiger partial charge in [-0.1, -0.05) is 38.4 Å². The highest BCUT2D eigenvalue weighted by Gasteiger charge is 2.61. The smallest absolute Gasteiger partial charge is 0.0900 e. The average Bonchev–Trinajstić information content (AvgIpc) is 3.02. The molecule has 0 aromatic heterocycles. The van der Waals surface area contributed by atoms with E-state index in [9.17, 15) is 5.11 Å². The maximum atomic E-state index is 10.6. The zero-order valence-electron chi connectivity index (χ0n) is 18.5. The van der Waals surface area contributed by atoms with Gasteiger partial charge in [0.15, 0.2) is 0 Å². The number of anilines is 1. The largest absolute Gasteiger partial charge is 0.389 e. The molecule has 3 aliphatic rings. The summed E-state index contributed by atoms with van der Waals surface area (Å²) in [5, 5.41) is 11.4. The number of ether oxygens (including phenoxy) is 1. The summed E-state index contributed by atoms with van der Waals surface area (Å²) in [6.45, 7) is 14.3. The number of benzene rings is 1. The highest BCUT2D eigenvalue weighted by molar-refractivity contribution is 6.30. The van der Waals surface area contributed by atoms with E-state index >= 15 is 0 Å². The zero-order valence-corrected chi connectivity index (χ0v) is 19.2. The second-order valence-corrected chi connectivity index (χ2v) is 10.7. The summed E-state index contributed by atoms with van der Waals surface area (Å²) in [6.07, 6.45) is 3.64. The van der Waals surface area contributed by atoms with Crippen LogP contribution in [0.1, 0.15) is 45.6 Å². The van der Waals surface area contributed by atoms with E-state index in [1.54, 1.807) is 0 Å². The molecule has 1 aliphatic heterocycles. The molecule has 5 heteroatoms. The molecule has 4 atom stereocenters. The number of halogens is 1. The lowest BCUT2D eigenvalue weighted by molar-refractivity contribution is -0.0794. The van der Waals surface area contributed by atoms with E-state index in [0.717, 1.165) is 43.5 Å². The summed E-state index contributed by atoms with van der Waals surface area (Å²) >= 11 is 6.19. The number of aliphatic hydroxyl groups is 1. The molecule has 29 heavy (non-hydrogen) atoms. The lowest BCUT2D eigenvalue weighted by atomic mass is 9.70. The molecular formula is C24H37ClN2O2. The van der Waals surface area contributed by atoms with Crippen molar-refractivity contribution in [2.24, 2.45) is 16.7 Å². The van der Waals surface area contributed by atoms with Gasteiger partial charge in [0.2, 0.25) is 0 Å². The van der Waals surface area contributed by atoms with E-state index < -0.39 is 6.10 Å². The van der Waals surface area contributed by atoms with E-state index in [-0.39, 0.29) is 5.41 Å². The number of piperazine rings is 1. The van der Waals surface area contributed by atoms with Crippen molar-refractivity contribution in [3.05, 3.63) is 28.8 Å². The molecule has 1 aromatic rings. The van der Waals surface area contributed by atoms with Gasteiger partial charge >= 0.3 is 0 Å². The standard InChI is InChI=1S/C24H37ClN2O2/c1-17-5-6-19(25)14-21(17)27-11-9-26(10-12-27)15-20(28)16-29-22-13-18-7-8-24(22,4)23(18,2)3/h5-6,14,18,20,22,28H,7-13,15-16H2,1-4H3. The predicted octanol–water partition coefficient (Wildman–Crippen LogP) is 4.36. The molecule has 1 N–H and O–H groups in total. The number of hydrogen-bond acceptors (Lipinski definition) is 4. The molecule has 4 nitrogen and oxygen atoms in total. The van der Waals surface area contributed by atoms with Gasteiger partial charge in [-0.3, -0.25) is 4.90 Å². The number of fused-ring (bicyclic) bond motifs is 2. The van der Waals surface area contributed by atoms with E-state index in [4.69, 9.17) is 16.3 Å². The number of nitrogens with zero attached hydrogens (tertiary/aromatic N) is 2. The monoisotopic (exact) mass is 420 g/mol. The lowest BCUT2D eigenvalue weighted by Gasteiger charge is -2.40. The van der Waals surface area contributed by atoms with E-state index in [2.05, 4.69) is 49.6 Å². The molecule has 3 fully saturated rings. The first kappa shape index (κ1) is 21.4. The van der Waals surface area contributed by atoms with Crippen LogP contribution in [0.15, 0.2) is 18.2 Å². The molecule has 1 saturated heterocycles. The van der Waals surface area contributed by atoms with Crippen molar-refractivity contribution in [1.82, 2.24) is 4.90 Å². The summed E-state index contributed by atoms with van der Waals surface area (Å²) in [5.41, 5.74) is 3.11. The summed E-state index contributed by atoms with van der Waals surface area (Å²) in [5.74, 6) is 0.776. The van der Waals surface area contributed by atoms with E-state index in [1.165, 1.54) is 24.1 Å². The minimum Gasteiger partial charge on any atom is -0.389 e. The molecule has 4 rings (SSSR count). The summed E-state index contributed by atoms with van der Waals surface area (Å²) in [4.78, 5) is 4.76. The Morgan fingerprint density at radius 3 is 2.55 bits per heavy atom. The number of aryl methyl sites for hydroxylation is 1. The summed E-state index contributed by atoms with van der Waals surface area (Å²) in [6, 6.07) is 6.10. The zero-order chi connectivity index (χ0) is 20.8. The Labute approximate surface area is 181 Å². The van der Waals surface area contributed by atoms with Gasteiger partial charge < -0.3 is 14.7 Å². The summed E-state index contributed by atoms with van der Waals surface area (Å²) < 4.78 is 6.30. The third kappa shape index (κ3) is 3.94. The Kier molecular flexibility index (Phi) is 5.93. The molecule has 2 bridgehead atoms. The normalized spacial score (nSPS) is 32.7. The number of hydrogen-bond donors (Lipinski definition) is 1. The molecule has 0 radical (unpaired) electrons. The second kappa shape index (κ2) is 8.03. The van der Waals surface area contributed by atoms with Gasteiger partial charge in [-0.25, -0.2) is 0 Å². The minimum absolute atomic E-state index is 0.262. The third-order valence-corrected chi connectivity index (χ3v) is 8.79. The fraction of sp³-hybridized carbons (Fsp3) is 0.750. The van der Waals surface area contributed by atoms with E-state index in [0.29, 0.717) is 24.7 Å². The van der Waals surface area contributed by atoms with Crippen LogP contribution >= 0.6 is 11.6 Å². The minimum atomic E-state index is -0.416. The quantitative estimate of drug-likeness (QED) is 0.741. The number of aliphatic hydroxyl groups excluding tert-OH is 1. The van der Waals surface area contributed by atoms with Gasteiger partial charge in [0.1, 0.15) is 0 Å². The van der Waals surface area contributed by atoms with Crippen LogP contribution in [0.4, 0.5) is 5.69 Å². The maximum absolute atomic E-state index is 10.6. The first-order valence-electron chi connectivity index (χ1n) is 11.2. The van der Waals surface area contributed by atoms with Crippen LogP contribution in [0.25, 0.3) is 0 Å². The van der Waals surface area contributed by atoms with Crippen molar-refractivity contribution in [3.63, 3.8) is 0 Å². The molecular weight excluding hydrogens is 384 g/mol. The third-order valence-electron chi connectivity index (χ3n) is 8.56. The predicted molar refractivity (Wildman–Crippen MR) is 120 cm³/mol. The number of β-amino-alcohol motifs (C(OH)–C–C–N with tert-alkyl or cyclic N) is 1. The van der Waals surface area contributed by atoms with Gasteiger partial charge in [-0.2, -0.15) is 0 Å². The van der Waals surface area contributed by atoms with Crippen molar-refractivity contribution in [1.29, 1.82) is 0 Å². The second-order valence-electron chi connectivity index (χ2n) is 10.3. The highest BCUT2D eigenvalue weighted by atomic mass is 35.5. The van der Waals surface area contributed by atoms with Crippen LogP contribution in [-0.2, 0) is 4.74 Å². The summed E-state index contributed by atoms with van der Waals surface area (Å²) in [7, 11) is 0. The van der Waals surface area contributed by atoms with Crippen molar-refractivity contribution in [2.75, 3.05) is 44.2 Å². The molecule has 0 spiro atoms. The highest BCUT2D eigenvalue weighted by Crippen LogP contribution is 2.66. The van der Waals surface area contributed by atoms with E-state index in [1.807, 2.05) is 6.07 Å². The molecule has 4 unspecified atom stereocenters. The Bertz CT molecular complexity index is 732. The molecule has 2 saturated carbocycles. The Morgan fingerprint density at radius 1 is 1.21 bits per heavy atom. The SMILES string of the molecule is Cc1ccc(Cl)cc1N1CCN(CC(O)COC2CC3CCC2(C)C3(C)C)CC1. The maximum Gasteiger partial charge on any atom is 0.0900 e. The van der Waals surface area contributed by atoms with Crippen LogP contribution in [0.5, 0.6) is 0 Å². The fourth-order valence-electron chi connectivity index (χ4n) is 6.05. The van der Waals surface area contributed by atoms with Crippen molar-refractivity contribution < 1.29 is 9.84 Å². The Balaban J connectivity index is 1.24. The Morgan fingerprint density at radius 2 is 1.93 bits per heavy atom. The molecule has 0 amide bonds. The first-order chi connectivity index (χ1) is 13.7. The van der Waals surface area contributed by atoms with Crippen molar-refractivity contribution >= 4 is 17.3 Å². The van der Waals surface area contributed by atoms with Gasteiger partial charge in [0.25, 0.3) is 0 Å². The molecule has 162 valence electrons. The Hall–Kier alpha value is -0.810. The van der Waals surface area contributed by atoms with Crippen molar-refractivity contribution in [3.8, 4) is 0 Å². The first-order valence-corrected chi connectivity index (χ1v) is 11.6. The van der Waals surface area contributed by atoms with Crippen molar-refractivity contribution in [2.45, 2.75) is 59.2 Å². The van der Waals surface area contributed by atoms with Gasteiger partial charge in [-0.15, -0.1) is 0 Å². The topological polar surface area (TPSA) is 35.9 Å². The van der Waals surface area contributed by atoms with Gasteiger partial charge in [-0.05, 0) is 60.6 Å². The average molecular weight is 421 g/mol. The fourth-order valence-corrected chi connectivity index (χ4v) is 6.22.